The average Bonchev–Trinajstić information content (AvgIpc) is 2.80. The first-order chi connectivity index (χ1) is 15.1. The smallest absolute Gasteiger partial charge is 0.255 e. The van der Waals surface area contributed by atoms with Crippen LogP contribution in [0.25, 0.3) is 0 Å². The standard InChI is InChI=1S/C26H26N2O3/c1-19-6-5-9-23(18-19)27-24(29)20-10-12-22(13-11-20)28-25(30)26(14-16-31-17-15-26)21-7-3-2-4-8-21/h2-13,18H,14-17H2,1H3,(H,27,29)(H,28,30). The number of amides is 2. The molecule has 1 fully saturated rings. The van der Waals surface area contributed by atoms with Crippen LogP contribution >= 0.6 is 0 Å². The number of carbonyl (C=O) groups is 2. The Balaban J connectivity index is 1.47. The molecule has 0 aromatic heterocycles. The average molecular weight is 415 g/mol. The van der Waals surface area contributed by atoms with E-state index in [0.29, 0.717) is 37.3 Å². The van der Waals surface area contributed by atoms with Gasteiger partial charge in [0, 0.05) is 30.2 Å². The Kier molecular flexibility index (Phi) is 6.14. The topological polar surface area (TPSA) is 67.4 Å². The third-order valence-electron chi connectivity index (χ3n) is 5.79. The SMILES string of the molecule is Cc1cccc(NC(=O)c2ccc(NC(=O)C3(c4ccccc4)CCOCC3)cc2)c1. The predicted molar refractivity (Wildman–Crippen MR) is 122 cm³/mol. The van der Waals surface area contributed by atoms with E-state index in [4.69, 9.17) is 4.74 Å². The molecule has 0 aliphatic carbocycles. The summed E-state index contributed by atoms with van der Waals surface area (Å²) in [6, 6.07) is 24.5. The first-order valence-corrected chi connectivity index (χ1v) is 10.5. The molecule has 0 unspecified atom stereocenters. The Hall–Kier alpha value is -3.44. The van der Waals surface area contributed by atoms with Crippen LogP contribution in [0.1, 0.15) is 34.3 Å². The normalized spacial score (nSPS) is 15.1. The zero-order valence-corrected chi connectivity index (χ0v) is 17.6. The fraction of sp³-hybridized carbons (Fsp3) is 0.231. The van der Waals surface area contributed by atoms with Crippen LogP contribution in [0.4, 0.5) is 11.4 Å². The van der Waals surface area contributed by atoms with Crippen molar-refractivity contribution in [3.8, 4) is 0 Å². The van der Waals surface area contributed by atoms with Crippen LogP contribution in [0.3, 0.4) is 0 Å². The van der Waals surface area contributed by atoms with Crippen LogP contribution in [0.2, 0.25) is 0 Å². The maximum atomic E-state index is 13.3. The third-order valence-corrected chi connectivity index (χ3v) is 5.79. The molecule has 0 spiro atoms. The van der Waals surface area contributed by atoms with Crippen molar-refractivity contribution in [3.05, 3.63) is 95.6 Å². The number of anilines is 2. The van der Waals surface area contributed by atoms with E-state index in [9.17, 15) is 9.59 Å². The summed E-state index contributed by atoms with van der Waals surface area (Å²) in [6.07, 6.45) is 1.28. The summed E-state index contributed by atoms with van der Waals surface area (Å²) >= 11 is 0. The predicted octanol–water partition coefficient (Wildman–Crippen LogP) is 4.93. The molecule has 5 nitrogen and oxygen atoms in total. The van der Waals surface area contributed by atoms with Crippen molar-refractivity contribution >= 4 is 23.2 Å². The van der Waals surface area contributed by atoms with Crippen molar-refractivity contribution < 1.29 is 14.3 Å². The van der Waals surface area contributed by atoms with Crippen LogP contribution in [-0.2, 0) is 14.9 Å². The number of ether oxygens (including phenoxy) is 1. The summed E-state index contributed by atoms with van der Waals surface area (Å²) < 4.78 is 5.52. The highest BCUT2D eigenvalue weighted by atomic mass is 16.5. The van der Waals surface area contributed by atoms with Crippen LogP contribution in [0.5, 0.6) is 0 Å². The van der Waals surface area contributed by atoms with E-state index in [1.54, 1.807) is 24.3 Å². The van der Waals surface area contributed by atoms with E-state index in [1.807, 2.05) is 61.5 Å². The van der Waals surface area contributed by atoms with E-state index >= 15 is 0 Å². The Bertz CT molecular complexity index is 1060. The van der Waals surface area contributed by atoms with E-state index < -0.39 is 5.41 Å². The second kappa shape index (κ2) is 9.14. The molecule has 31 heavy (non-hydrogen) atoms. The third kappa shape index (κ3) is 4.67. The molecule has 4 rings (SSSR count). The number of benzene rings is 3. The molecule has 0 bridgehead atoms. The summed E-state index contributed by atoms with van der Waals surface area (Å²) in [5.74, 6) is -0.229. The van der Waals surface area contributed by atoms with Crippen LogP contribution < -0.4 is 10.6 Å². The van der Waals surface area contributed by atoms with Gasteiger partial charge in [-0.25, -0.2) is 0 Å². The maximum Gasteiger partial charge on any atom is 0.255 e. The first-order valence-electron chi connectivity index (χ1n) is 10.5. The van der Waals surface area contributed by atoms with Gasteiger partial charge in [0.2, 0.25) is 5.91 Å². The number of nitrogens with one attached hydrogen (secondary N) is 2. The fourth-order valence-electron chi connectivity index (χ4n) is 4.01. The van der Waals surface area contributed by atoms with Gasteiger partial charge in [-0.3, -0.25) is 9.59 Å². The summed E-state index contributed by atoms with van der Waals surface area (Å²) in [6.45, 7) is 3.09. The van der Waals surface area contributed by atoms with Crippen molar-refractivity contribution in [2.45, 2.75) is 25.2 Å². The molecule has 1 heterocycles. The second-order valence-corrected chi connectivity index (χ2v) is 7.92. The lowest BCUT2D eigenvalue weighted by Gasteiger charge is -2.36. The highest BCUT2D eigenvalue weighted by Crippen LogP contribution is 2.36. The number of hydrogen-bond acceptors (Lipinski definition) is 3. The van der Waals surface area contributed by atoms with Crippen LogP contribution in [0.15, 0.2) is 78.9 Å². The molecule has 0 saturated carbocycles. The van der Waals surface area contributed by atoms with E-state index in [2.05, 4.69) is 10.6 Å². The van der Waals surface area contributed by atoms with Gasteiger partial charge in [-0.05, 0) is 67.3 Å². The molecule has 2 amide bonds. The highest BCUT2D eigenvalue weighted by Gasteiger charge is 2.41. The van der Waals surface area contributed by atoms with Crippen molar-refractivity contribution in [2.75, 3.05) is 23.8 Å². The van der Waals surface area contributed by atoms with Crippen LogP contribution in [0, 0.1) is 6.92 Å². The lowest BCUT2D eigenvalue weighted by atomic mass is 9.73. The lowest BCUT2D eigenvalue weighted by Crippen LogP contribution is -2.44. The molecule has 0 radical (unpaired) electrons. The zero-order chi connectivity index (χ0) is 21.7. The van der Waals surface area contributed by atoms with E-state index in [0.717, 1.165) is 16.8 Å². The van der Waals surface area contributed by atoms with E-state index in [1.165, 1.54) is 0 Å². The molecule has 1 aliphatic rings. The van der Waals surface area contributed by atoms with Gasteiger partial charge in [0.05, 0.1) is 5.41 Å². The molecule has 3 aromatic carbocycles. The minimum atomic E-state index is -0.610. The molecule has 1 saturated heterocycles. The molecule has 1 aliphatic heterocycles. The van der Waals surface area contributed by atoms with Gasteiger partial charge in [0.25, 0.3) is 5.91 Å². The molecule has 158 valence electrons. The number of carbonyl (C=O) groups excluding carboxylic acids is 2. The van der Waals surface area contributed by atoms with Crippen molar-refractivity contribution in [2.24, 2.45) is 0 Å². The van der Waals surface area contributed by atoms with Gasteiger partial charge < -0.3 is 15.4 Å². The summed E-state index contributed by atoms with van der Waals surface area (Å²) in [4.78, 5) is 25.9. The van der Waals surface area contributed by atoms with Gasteiger partial charge in [-0.2, -0.15) is 0 Å². The first kappa shape index (κ1) is 20.8. The molecule has 2 N–H and O–H groups in total. The Labute approximate surface area is 182 Å². The van der Waals surface area contributed by atoms with Crippen molar-refractivity contribution in [1.82, 2.24) is 0 Å². The number of rotatable bonds is 5. The minimum absolute atomic E-state index is 0.0426. The molecular weight excluding hydrogens is 388 g/mol. The van der Waals surface area contributed by atoms with Crippen molar-refractivity contribution in [1.29, 1.82) is 0 Å². The molecular formula is C26H26N2O3. The van der Waals surface area contributed by atoms with Gasteiger partial charge in [0.1, 0.15) is 0 Å². The number of hydrogen-bond donors (Lipinski definition) is 2. The lowest BCUT2D eigenvalue weighted by molar-refractivity contribution is -0.125. The Morgan fingerprint density at radius 3 is 2.19 bits per heavy atom. The van der Waals surface area contributed by atoms with Gasteiger partial charge in [-0.1, -0.05) is 42.5 Å². The fourth-order valence-corrected chi connectivity index (χ4v) is 4.01. The quantitative estimate of drug-likeness (QED) is 0.622. The summed E-state index contributed by atoms with van der Waals surface area (Å²) in [7, 11) is 0. The maximum absolute atomic E-state index is 13.3. The molecule has 3 aromatic rings. The summed E-state index contributed by atoms with van der Waals surface area (Å²) in [5, 5.41) is 5.95. The second-order valence-electron chi connectivity index (χ2n) is 7.92. The number of aryl methyl sites for hydroxylation is 1. The summed E-state index contributed by atoms with van der Waals surface area (Å²) in [5.41, 5.74) is 3.43. The highest BCUT2D eigenvalue weighted by molar-refractivity contribution is 6.05. The minimum Gasteiger partial charge on any atom is -0.381 e. The van der Waals surface area contributed by atoms with E-state index in [-0.39, 0.29) is 11.8 Å². The monoisotopic (exact) mass is 414 g/mol. The Morgan fingerprint density at radius 2 is 1.52 bits per heavy atom. The van der Waals surface area contributed by atoms with Crippen LogP contribution in [-0.4, -0.2) is 25.0 Å². The van der Waals surface area contributed by atoms with Crippen molar-refractivity contribution in [3.63, 3.8) is 0 Å². The molecule has 0 atom stereocenters. The van der Waals surface area contributed by atoms with Gasteiger partial charge >= 0.3 is 0 Å². The Morgan fingerprint density at radius 1 is 0.806 bits per heavy atom. The van der Waals surface area contributed by atoms with Gasteiger partial charge in [-0.15, -0.1) is 0 Å². The van der Waals surface area contributed by atoms with Gasteiger partial charge in [0.15, 0.2) is 0 Å². The molecule has 5 heteroatoms. The zero-order valence-electron chi connectivity index (χ0n) is 17.6. The largest absolute Gasteiger partial charge is 0.381 e.